The minimum absolute atomic E-state index is 0.0924. The number of benzene rings is 1. The fourth-order valence-electron chi connectivity index (χ4n) is 2.13. The van der Waals surface area contributed by atoms with E-state index in [0.717, 1.165) is 22.1 Å². The van der Waals surface area contributed by atoms with Crippen molar-refractivity contribution in [3.05, 3.63) is 28.2 Å². The summed E-state index contributed by atoms with van der Waals surface area (Å²) in [4.78, 5) is 23.8. The van der Waals surface area contributed by atoms with E-state index in [1.54, 1.807) is 6.92 Å². The lowest BCUT2D eigenvalue weighted by atomic mass is 10.1. The van der Waals surface area contributed by atoms with Gasteiger partial charge in [0.25, 0.3) is 0 Å². The van der Waals surface area contributed by atoms with Crippen molar-refractivity contribution in [2.45, 2.75) is 32.4 Å². The Labute approximate surface area is 126 Å². The Hall–Kier alpha value is -1.40. The SMILES string of the molecule is CCCNC(=O)C(C)NC1C(=O)Nc2cc(Br)ccc21. The lowest BCUT2D eigenvalue weighted by molar-refractivity contribution is -0.123. The molecule has 0 radical (unpaired) electrons. The standard InChI is InChI=1S/C14H18BrN3O2/c1-3-6-16-13(19)8(2)17-12-10-5-4-9(15)7-11(10)18-14(12)20/h4-5,7-8,12,17H,3,6H2,1-2H3,(H,16,19)(H,18,20). The highest BCUT2D eigenvalue weighted by atomic mass is 79.9. The van der Waals surface area contributed by atoms with E-state index in [1.165, 1.54) is 0 Å². The maximum Gasteiger partial charge on any atom is 0.246 e. The Morgan fingerprint density at radius 3 is 2.95 bits per heavy atom. The molecular formula is C14H18BrN3O2. The van der Waals surface area contributed by atoms with Gasteiger partial charge in [0.05, 0.1) is 6.04 Å². The number of hydrogen-bond donors (Lipinski definition) is 3. The third-order valence-corrected chi connectivity index (χ3v) is 3.70. The van der Waals surface area contributed by atoms with Crippen molar-refractivity contribution in [1.29, 1.82) is 0 Å². The first kappa shape index (κ1) is 15.0. The number of anilines is 1. The first-order valence-corrected chi connectivity index (χ1v) is 7.46. The number of carbonyl (C=O) groups excluding carboxylic acids is 2. The smallest absolute Gasteiger partial charge is 0.246 e. The molecule has 0 bridgehead atoms. The highest BCUT2D eigenvalue weighted by Crippen LogP contribution is 2.33. The van der Waals surface area contributed by atoms with E-state index in [2.05, 4.69) is 31.9 Å². The van der Waals surface area contributed by atoms with Gasteiger partial charge < -0.3 is 10.6 Å². The topological polar surface area (TPSA) is 70.2 Å². The molecule has 0 aromatic heterocycles. The summed E-state index contributed by atoms with van der Waals surface area (Å²) in [5.41, 5.74) is 1.65. The van der Waals surface area contributed by atoms with Crippen molar-refractivity contribution in [2.24, 2.45) is 0 Å². The Morgan fingerprint density at radius 1 is 1.50 bits per heavy atom. The van der Waals surface area contributed by atoms with Crippen LogP contribution < -0.4 is 16.0 Å². The number of rotatable bonds is 5. The maximum absolute atomic E-state index is 12.0. The van der Waals surface area contributed by atoms with Crippen molar-refractivity contribution in [3.8, 4) is 0 Å². The average Bonchev–Trinajstić information content (AvgIpc) is 2.71. The van der Waals surface area contributed by atoms with Gasteiger partial charge in [-0.2, -0.15) is 0 Å². The molecule has 1 heterocycles. The molecule has 6 heteroatoms. The van der Waals surface area contributed by atoms with Crippen molar-refractivity contribution < 1.29 is 9.59 Å². The molecule has 3 N–H and O–H groups in total. The second-order valence-corrected chi connectivity index (χ2v) is 5.75. The van der Waals surface area contributed by atoms with Gasteiger partial charge in [-0.15, -0.1) is 0 Å². The Morgan fingerprint density at radius 2 is 2.25 bits per heavy atom. The molecule has 0 fully saturated rings. The molecular weight excluding hydrogens is 322 g/mol. The van der Waals surface area contributed by atoms with Crippen LogP contribution in [-0.2, 0) is 9.59 Å². The predicted octanol–water partition coefficient (Wildman–Crippen LogP) is 1.95. The van der Waals surface area contributed by atoms with Crippen LogP contribution in [0.3, 0.4) is 0 Å². The Bertz CT molecular complexity index is 533. The summed E-state index contributed by atoms with van der Waals surface area (Å²) in [6.07, 6.45) is 0.888. The minimum atomic E-state index is -0.486. The Kier molecular flexibility index (Phi) is 4.77. The largest absolute Gasteiger partial charge is 0.355 e. The Balaban J connectivity index is 2.07. The summed E-state index contributed by atoms with van der Waals surface area (Å²) >= 11 is 3.37. The van der Waals surface area contributed by atoms with Crippen LogP contribution in [0.1, 0.15) is 31.9 Å². The predicted molar refractivity (Wildman–Crippen MR) is 81.4 cm³/mol. The van der Waals surface area contributed by atoms with Crippen LogP contribution in [0.15, 0.2) is 22.7 Å². The van der Waals surface area contributed by atoms with E-state index in [0.29, 0.717) is 6.54 Å². The van der Waals surface area contributed by atoms with E-state index in [-0.39, 0.29) is 11.8 Å². The van der Waals surface area contributed by atoms with Crippen molar-refractivity contribution in [2.75, 3.05) is 11.9 Å². The number of halogens is 1. The van der Waals surface area contributed by atoms with Gasteiger partial charge in [-0.25, -0.2) is 0 Å². The average molecular weight is 340 g/mol. The summed E-state index contributed by atoms with van der Waals surface area (Å²) in [6, 6.07) is 4.71. The highest BCUT2D eigenvalue weighted by Gasteiger charge is 2.32. The molecule has 2 unspecified atom stereocenters. The molecule has 0 saturated heterocycles. The fraction of sp³-hybridized carbons (Fsp3) is 0.429. The van der Waals surface area contributed by atoms with Gasteiger partial charge in [0.15, 0.2) is 0 Å². The van der Waals surface area contributed by atoms with Gasteiger partial charge >= 0.3 is 0 Å². The quantitative estimate of drug-likeness (QED) is 0.767. The third-order valence-electron chi connectivity index (χ3n) is 3.21. The van der Waals surface area contributed by atoms with Gasteiger partial charge in [0, 0.05) is 22.3 Å². The zero-order chi connectivity index (χ0) is 14.7. The van der Waals surface area contributed by atoms with Crippen LogP contribution in [0, 0.1) is 0 Å². The van der Waals surface area contributed by atoms with Crippen LogP contribution in [0.2, 0.25) is 0 Å². The zero-order valence-electron chi connectivity index (χ0n) is 11.5. The number of nitrogens with one attached hydrogen (secondary N) is 3. The second-order valence-electron chi connectivity index (χ2n) is 4.83. The van der Waals surface area contributed by atoms with Crippen LogP contribution in [-0.4, -0.2) is 24.4 Å². The molecule has 1 aliphatic rings. The highest BCUT2D eigenvalue weighted by molar-refractivity contribution is 9.10. The normalized spacial score (nSPS) is 18.4. The monoisotopic (exact) mass is 339 g/mol. The van der Waals surface area contributed by atoms with Gasteiger partial charge in [-0.3, -0.25) is 14.9 Å². The molecule has 0 spiro atoms. The van der Waals surface area contributed by atoms with Gasteiger partial charge in [0.2, 0.25) is 11.8 Å². The first-order chi connectivity index (χ1) is 9.52. The minimum Gasteiger partial charge on any atom is -0.355 e. The molecule has 1 aliphatic heterocycles. The van der Waals surface area contributed by atoms with Crippen LogP contribution >= 0.6 is 15.9 Å². The summed E-state index contributed by atoms with van der Waals surface area (Å²) in [5, 5.41) is 8.70. The van der Waals surface area contributed by atoms with Gasteiger partial charge in [0.1, 0.15) is 6.04 Å². The first-order valence-electron chi connectivity index (χ1n) is 6.67. The number of carbonyl (C=O) groups is 2. The number of fused-ring (bicyclic) bond motifs is 1. The van der Waals surface area contributed by atoms with Gasteiger partial charge in [-0.05, 0) is 25.5 Å². The molecule has 5 nitrogen and oxygen atoms in total. The molecule has 2 rings (SSSR count). The lowest BCUT2D eigenvalue weighted by Gasteiger charge is -2.18. The molecule has 1 aromatic carbocycles. The summed E-state index contributed by atoms with van der Waals surface area (Å²) in [6.45, 7) is 4.40. The lowest BCUT2D eigenvalue weighted by Crippen LogP contribution is -2.45. The second kappa shape index (κ2) is 6.37. The van der Waals surface area contributed by atoms with Crippen LogP contribution in [0.25, 0.3) is 0 Å². The number of hydrogen-bond acceptors (Lipinski definition) is 3. The third kappa shape index (κ3) is 3.19. The number of amides is 2. The molecule has 108 valence electrons. The van der Waals surface area contributed by atoms with E-state index in [9.17, 15) is 9.59 Å². The molecule has 1 aromatic rings. The summed E-state index contributed by atoms with van der Waals surface area (Å²) in [5.74, 6) is -0.224. The van der Waals surface area contributed by atoms with Crippen LogP contribution in [0.4, 0.5) is 5.69 Å². The van der Waals surface area contributed by atoms with Crippen molar-refractivity contribution in [1.82, 2.24) is 10.6 Å². The van der Waals surface area contributed by atoms with Crippen molar-refractivity contribution >= 4 is 33.4 Å². The summed E-state index contributed by atoms with van der Waals surface area (Å²) in [7, 11) is 0. The van der Waals surface area contributed by atoms with E-state index in [4.69, 9.17) is 0 Å². The molecule has 0 saturated carbocycles. The molecule has 0 aliphatic carbocycles. The molecule has 2 atom stereocenters. The fourth-order valence-corrected chi connectivity index (χ4v) is 2.49. The molecule has 20 heavy (non-hydrogen) atoms. The maximum atomic E-state index is 12.0. The van der Waals surface area contributed by atoms with E-state index in [1.807, 2.05) is 25.1 Å². The summed E-state index contributed by atoms with van der Waals surface area (Å²) < 4.78 is 0.908. The van der Waals surface area contributed by atoms with Gasteiger partial charge in [-0.1, -0.05) is 28.9 Å². The van der Waals surface area contributed by atoms with E-state index < -0.39 is 12.1 Å². The van der Waals surface area contributed by atoms with Crippen molar-refractivity contribution in [3.63, 3.8) is 0 Å². The van der Waals surface area contributed by atoms with E-state index >= 15 is 0 Å². The van der Waals surface area contributed by atoms with Crippen LogP contribution in [0.5, 0.6) is 0 Å². The molecule has 2 amide bonds. The zero-order valence-corrected chi connectivity index (χ0v) is 13.1.